The van der Waals surface area contributed by atoms with Crippen LogP contribution in [0.15, 0.2) is 76.3 Å². The summed E-state index contributed by atoms with van der Waals surface area (Å²) in [6.07, 6.45) is 5.74. The highest BCUT2D eigenvalue weighted by atomic mass is 79.9. The molecule has 0 spiro atoms. The van der Waals surface area contributed by atoms with Gasteiger partial charge in [0.2, 0.25) is 0 Å². The van der Waals surface area contributed by atoms with E-state index >= 15 is 0 Å². The van der Waals surface area contributed by atoms with Gasteiger partial charge in [-0.05, 0) is 78.9 Å². The highest BCUT2D eigenvalue weighted by Gasteiger charge is 2.30. The van der Waals surface area contributed by atoms with Crippen molar-refractivity contribution in [2.75, 3.05) is 11.6 Å². The van der Waals surface area contributed by atoms with Gasteiger partial charge in [0.1, 0.15) is 5.75 Å². The molecule has 0 saturated heterocycles. The summed E-state index contributed by atoms with van der Waals surface area (Å²) in [4.78, 5) is 0. The van der Waals surface area contributed by atoms with Crippen molar-refractivity contribution in [3.8, 4) is 5.75 Å². The molecule has 0 saturated carbocycles. The highest BCUT2D eigenvalue weighted by Crippen LogP contribution is 2.38. The molecule has 33 heavy (non-hydrogen) atoms. The third kappa shape index (κ3) is 5.86. The number of rotatable bonds is 9. The molecule has 0 radical (unpaired) electrons. The molecule has 0 N–H and O–H groups in total. The van der Waals surface area contributed by atoms with E-state index < -0.39 is 0 Å². The number of halogens is 1. The predicted octanol–water partition coefficient (Wildman–Crippen LogP) is 8.38. The Morgan fingerprint density at radius 3 is 2.36 bits per heavy atom. The minimum atomic E-state index is 0.157. The first-order valence-corrected chi connectivity index (χ1v) is 12.8. The second kappa shape index (κ2) is 11.0. The van der Waals surface area contributed by atoms with Crippen LogP contribution in [0.5, 0.6) is 5.75 Å². The Kier molecular flexibility index (Phi) is 7.87. The Hall–Kier alpha value is -2.59. The zero-order valence-corrected chi connectivity index (χ0v) is 21.4. The largest absolute Gasteiger partial charge is 0.494 e. The molecule has 1 atom stereocenters. The predicted molar refractivity (Wildman–Crippen MR) is 143 cm³/mol. The molecule has 1 aliphatic rings. The topological polar surface area (TPSA) is 24.8 Å². The minimum Gasteiger partial charge on any atom is -0.494 e. The van der Waals surface area contributed by atoms with Gasteiger partial charge < -0.3 is 4.74 Å². The van der Waals surface area contributed by atoms with Crippen LogP contribution in [-0.2, 0) is 0 Å². The Bertz CT molecular complexity index is 1090. The van der Waals surface area contributed by atoms with Crippen molar-refractivity contribution in [3.63, 3.8) is 0 Å². The Morgan fingerprint density at radius 2 is 1.67 bits per heavy atom. The van der Waals surface area contributed by atoms with Crippen LogP contribution in [0.25, 0.3) is 0 Å². The van der Waals surface area contributed by atoms with Crippen LogP contribution in [0.1, 0.15) is 67.3 Å². The summed E-state index contributed by atoms with van der Waals surface area (Å²) in [5.41, 5.74) is 7.25. The first-order valence-electron chi connectivity index (χ1n) is 12.0. The van der Waals surface area contributed by atoms with Gasteiger partial charge >= 0.3 is 0 Å². The van der Waals surface area contributed by atoms with Crippen molar-refractivity contribution in [3.05, 3.63) is 93.5 Å². The molecule has 0 amide bonds. The highest BCUT2D eigenvalue weighted by molar-refractivity contribution is 9.10. The van der Waals surface area contributed by atoms with Crippen molar-refractivity contribution in [2.45, 2.75) is 58.9 Å². The third-order valence-electron chi connectivity index (χ3n) is 6.37. The lowest BCUT2D eigenvalue weighted by Gasteiger charge is -2.25. The molecule has 172 valence electrons. The third-order valence-corrected chi connectivity index (χ3v) is 6.90. The standard InChI is InChI=1S/C29H33BrN2O/c1-4-5-6-7-18-33-27-16-11-24(12-17-27)29-20-28(23-9-13-25(30)14-10-23)31-32(29)26-15-8-21(2)22(3)19-26/h8-17,19,29H,4-7,18,20H2,1-3H3. The smallest absolute Gasteiger partial charge is 0.119 e. The van der Waals surface area contributed by atoms with E-state index in [1.165, 1.54) is 41.5 Å². The molecular formula is C29H33BrN2O. The number of aryl methyl sites for hydroxylation is 2. The molecule has 1 heterocycles. The first-order chi connectivity index (χ1) is 16.0. The summed E-state index contributed by atoms with van der Waals surface area (Å²) < 4.78 is 7.05. The van der Waals surface area contributed by atoms with Gasteiger partial charge in [-0.25, -0.2) is 0 Å². The molecule has 4 rings (SSSR count). The summed E-state index contributed by atoms with van der Waals surface area (Å²) >= 11 is 3.54. The fraction of sp³-hybridized carbons (Fsp3) is 0.345. The number of hydrazone groups is 1. The molecule has 0 fully saturated rings. The van der Waals surface area contributed by atoms with Crippen LogP contribution in [0.4, 0.5) is 5.69 Å². The number of hydrogen-bond acceptors (Lipinski definition) is 3. The van der Waals surface area contributed by atoms with Gasteiger partial charge in [0, 0.05) is 10.9 Å². The van der Waals surface area contributed by atoms with E-state index in [1.54, 1.807) is 0 Å². The van der Waals surface area contributed by atoms with Crippen molar-refractivity contribution in [1.29, 1.82) is 0 Å². The summed E-state index contributed by atoms with van der Waals surface area (Å²) in [7, 11) is 0. The fourth-order valence-corrected chi connectivity index (χ4v) is 4.46. The van der Waals surface area contributed by atoms with E-state index in [0.29, 0.717) is 0 Å². The maximum atomic E-state index is 5.97. The molecule has 3 nitrogen and oxygen atoms in total. The molecule has 3 aromatic carbocycles. The van der Waals surface area contributed by atoms with Crippen LogP contribution < -0.4 is 9.75 Å². The number of anilines is 1. The van der Waals surface area contributed by atoms with E-state index in [4.69, 9.17) is 9.84 Å². The van der Waals surface area contributed by atoms with Gasteiger partial charge in [0.15, 0.2) is 0 Å². The van der Waals surface area contributed by atoms with E-state index in [-0.39, 0.29) is 6.04 Å². The second-order valence-corrected chi connectivity index (χ2v) is 9.78. The first kappa shape index (κ1) is 23.6. The molecule has 0 aliphatic carbocycles. The van der Waals surface area contributed by atoms with E-state index in [2.05, 4.69) is 108 Å². The number of hydrogen-bond donors (Lipinski definition) is 0. The summed E-state index contributed by atoms with van der Waals surface area (Å²) in [5, 5.41) is 7.28. The molecule has 1 unspecified atom stereocenters. The van der Waals surface area contributed by atoms with E-state index in [0.717, 1.165) is 41.1 Å². The van der Waals surface area contributed by atoms with Crippen molar-refractivity contribution in [2.24, 2.45) is 5.10 Å². The Labute approximate surface area is 206 Å². The molecular weight excluding hydrogens is 472 g/mol. The van der Waals surface area contributed by atoms with Crippen LogP contribution >= 0.6 is 15.9 Å². The Morgan fingerprint density at radius 1 is 0.909 bits per heavy atom. The second-order valence-electron chi connectivity index (χ2n) is 8.86. The lowest BCUT2D eigenvalue weighted by molar-refractivity contribution is 0.305. The molecule has 0 aromatic heterocycles. The summed E-state index contributed by atoms with van der Waals surface area (Å²) in [6.45, 7) is 7.33. The number of ether oxygens (including phenoxy) is 1. The monoisotopic (exact) mass is 504 g/mol. The maximum absolute atomic E-state index is 5.97. The van der Waals surface area contributed by atoms with E-state index in [9.17, 15) is 0 Å². The average Bonchev–Trinajstić information content (AvgIpc) is 3.27. The zero-order valence-electron chi connectivity index (χ0n) is 19.9. The lowest BCUT2D eigenvalue weighted by atomic mass is 9.98. The number of benzene rings is 3. The van der Waals surface area contributed by atoms with Crippen molar-refractivity contribution >= 4 is 27.3 Å². The molecule has 0 bridgehead atoms. The van der Waals surface area contributed by atoms with Gasteiger partial charge in [-0.3, -0.25) is 5.01 Å². The zero-order chi connectivity index (χ0) is 23.2. The van der Waals surface area contributed by atoms with Gasteiger partial charge in [-0.2, -0.15) is 5.10 Å². The van der Waals surface area contributed by atoms with Crippen molar-refractivity contribution < 1.29 is 4.74 Å². The lowest BCUT2D eigenvalue weighted by Crippen LogP contribution is -2.18. The van der Waals surface area contributed by atoms with Gasteiger partial charge in [0.25, 0.3) is 0 Å². The van der Waals surface area contributed by atoms with Crippen LogP contribution in [0.3, 0.4) is 0 Å². The molecule has 4 heteroatoms. The maximum Gasteiger partial charge on any atom is 0.119 e. The van der Waals surface area contributed by atoms with Crippen LogP contribution in [-0.4, -0.2) is 12.3 Å². The molecule has 3 aromatic rings. The Balaban J connectivity index is 1.56. The quantitative estimate of drug-likeness (QED) is 0.273. The van der Waals surface area contributed by atoms with Crippen LogP contribution in [0, 0.1) is 13.8 Å². The van der Waals surface area contributed by atoms with Gasteiger partial charge in [-0.1, -0.05) is 72.4 Å². The van der Waals surface area contributed by atoms with Crippen molar-refractivity contribution in [1.82, 2.24) is 0 Å². The fourth-order valence-electron chi connectivity index (χ4n) is 4.20. The van der Waals surface area contributed by atoms with Crippen LogP contribution in [0.2, 0.25) is 0 Å². The molecule has 1 aliphatic heterocycles. The summed E-state index contributed by atoms with van der Waals surface area (Å²) in [6, 6.07) is 23.8. The summed E-state index contributed by atoms with van der Waals surface area (Å²) in [5.74, 6) is 0.944. The average molecular weight is 506 g/mol. The SMILES string of the molecule is CCCCCCOc1ccc(C2CC(c3ccc(Br)cc3)=NN2c2ccc(C)c(C)c2)cc1. The minimum absolute atomic E-state index is 0.157. The van der Waals surface area contributed by atoms with Gasteiger partial charge in [0.05, 0.1) is 24.0 Å². The normalized spacial score (nSPS) is 15.6. The van der Waals surface area contributed by atoms with Gasteiger partial charge in [-0.15, -0.1) is 0 Å². The number of unbranched alkanes of at least 4 members (excludes halogenated alkanes) is 3. The number of nitrogens with zero attached hydrogens (tertiary/aromatic N) is 2. The van der Waals surface area contributed by atoms with E-state index in [1.807, 2.05) is 0 Å².